The van der Waals surface area contributed by atoms with Crippen LogP contribution in [-0.4, -0.2) is 34.7 Å². The summed E-state index contributed by atoms with van der Waals surface area (Å²) >= 11 is 2.05. The molecule has 1 amide bonds. The molecule has 0 aliphatic heterocycles. The number of carbonyl (C=O) groups excluding carboxylic acids is 2. The van der Waals surface area contributed by atoms with E-state index < -0.39 is 23.7 Å². The number of esters is 1. The summed E-state index contributed by atoms with van der Waals surface area (Å²) in [6.45, 7) is 5.59. The Morgan fingerprint density at radius 2 is 1.57 bits per heavy atom. The van der Waals surface area contributed by atoms with Crippen LogP contribution in [0.3, 0.4) is 0 Å². The van der Waals surface area contributed by atoms with Crippen LogP contribution < -0.4 is 5.32 Å². The van der Waals surface area contributed by atoms with Crippen molar-refractivity contribution < 1.29 is 19.1 Å². The minimum atomic E-state index is -0.740. The Kier molecular flexibility index (Phi) is 6.27. The maximum absolute atomic E-state index is 12.3. The molecule has 1 unspecified atom stereocenters. The predicted molar refractivity (Wildman–Crippen MR) is 117 cm³/mol. The van der Waals surface area contributed by atoms with Gasteiger partial charge < -0.3 is 14.8 Å². The number of ether oxygens (including phenoxy) is 2. The molecule has 2 aromatic carbocycles. The summed E-state index contributed by atoms with van der Waals surface area (Å²) < 4.78 is 11.2. The van der Waals surface area contributed by atoms with Crippen molar-refractivity contribution in [3.8, 4) is 11.1 Å². The minimum absolute atomic E-state index is 0.0160. The summed E-state index contributed by atoms with van der Waals surface area (Å²) in [7, 11) is 0. The second-order valence-electron chi connectivity index (χ2n) is 7.71. The molecule has 0 bridgehead atoms. The van der Waals surface area contributed by atoms with Crippen molar-refractivity contribution in [2.45, 2.75) is 38.3 Å². The maximum atomic E-state index is 12.3. The number of alkyl halides is 1. The number of rotatable bonds is 5. The van der Waals surface area contributed by atoms with E-state index in [1.807, 2.05) is 46.9 Å². The second-order valence-corrected chi connectivity index (χ2v) is 8.59. The van der Waals surface area contributed by atoms with Crippen LogP contribution in [0.2, 0.25) is 0 Å². The molecule has 0 saturated carbocycles. The van der Waals surface area contributed by atoms with Gasteiger partial charge >= 0.3 is 12.1 Å². The zero-order valence-corrected chi connectivity index (χ0v) is 18.4. The molecule has 0 spiro atoms. The van der Waals surface area contributed by atoms with E-state index in [1.54, 1.807) is 20.8 Å². The van der Waals surface area contributed by atoms with E-state index in [2.05, 4.69) is 29.6 Å². The summed E-state index contributed by atoms with van der Waals surface area (Å²) in [5.41, 5.74) is 4.03. The lowest BCUT2D eigenvalue weighted by Crippen LogP contribution is -2.45. The van der Waals surface area contributed by atoms with Crippen molar-refractivity contribution in [2.24, 2.45) is 0 Å². The molecule has 6 heteroatoms. The first-order valence-electron chi connectivity index (χ1n) is 9.20. The highest BCUT2D eigenvalue weighted by atomic mass is 127. The summed E-state index contributed by atoms with van der Waals surface area (Å²) in [6, 6.07) is 15.6. The van der Waals surface area contributed by atoms with E-state index in [-0.39, 0.29) is 12.5 Å². The smallest absolute Gasteiger partial charge is 0.407 e. The molecule has 1 N–H and O–H groups in total. The molecule has 3 rings (SSSR count). The minimum Gasteiger partial charge on any atom is -0.458 e. The number of hydrogen-bond acceptors (Lipinski definition) is 4. The molecule has 0 fully saturated rings. The number of carbonyl (C=O) groups is 2. The third kappa shape index (κ3) is 4.66. The zero-order chi connectivity index (χ0) is 20.3. The van der Waals surface area contributed by atoms with Crippen molar-refractivity contribution in [1.82, 2.24) is 5.32 Å². The van der Waals surface area contributed by atoms with Crippen LogP contribution in [-0.2, 0) is 14.3 Å². The Hall–Kier alpha value is -2.09. The largest absolute Gasteiger partial charge is 0.458 e. The summed E-state index contributed by atoms with van der Waals surface area (Å²) in [4.78, 5) is 24.5. The Bertz CT molecular complexity index is 829. The van der Waals surface area contributed by atoms with Gasteiger partial charge in [0.15, 0.2) is 0 Å². The van der Waals surface area contributed by atoms with Crippen LogP contribution in [0.5, 0.6) is 0 Å². The molecule has 0 aromatic heterocycles. The van der Waals surface area contributed by atoms with Gasteiger partial charge in [0.2, 0.25) is 0 Å². The van der Waals surface area contributed by atoms with Gasteiger partial charge in [-0.2, -0.15) is 0 Å². The first kappa shape index (κ1) is 20.6. The normalized spacial score (nSPS) is 14.0. The predicted octanol–water partition coefficient (Wildman–Crippen LogP) is 4.67. The van der Waals surface area contributed by atoms with E-state index in [4.69, 9.17) is 9.47 Å². The molecule has 1 aliphatic carbocycles. The lowest BCUT2D eigenvalue weighted by Gasteiger charge is -2.23. The quantitative estimate of drug-likeness (QED) is 0.374. The summed E-state index contributed by atoms with van der Waals surface area (Å²) in [5, 5.41) is 2.62. The van der Waals surface area contributed by atoms with E-state index in [1.165, 1.54) is 11.1 Å². The molecule has 2 aromatic rings. The molecule has 0 heterocycles. The summed E-state index contributed by atoms with van der Waals surface area (Å²) in [6.07, 6.45) is -0.616. The SMILES string of the molecule is CC(C)(C)OC(=O)C(CI)NC(=O)OCC1c2ccccc2-c2ccccc21. The lowest BCUT2D eigenvalue weighted by molar-refractivity contribution is -0.156. The highest BCUT2D eigenvalue weighted by Crippen LogP contribution is 2.44. The second kappa shape index (κ2) is 8.51. The van der Waals surface area contributed by atoms with E-state index in [9.17, 15) is 9.59 Å². The first-order valence-corrected chi connectivity index (χ1v) is 10.7. The van der Waals surface area contributed by atoms with Gasteiger partial charge in [0.25, 0.3) is 0 Å². The van der Waals surface area contributed by atoms with E-state index >= 15 is 0 Å². The number of hydrogen-bond donors (Lipinski definition) is 1. The summed E-state index contributed by atoms with van der Waals surface area (Å²) in [5.74, 6) is -0.479. The molecule has 1 atom stereocenters. The third-order valence-corrected chi connectivity index (χ3v) is 5.36. The van der Waals surface area contributed by atoms with Gasteiger partial charge in [0.05, 0.1) is 0 Å². The van der Waals surface area contributed by atoms with Gasteiger partial charge in [-0.1, -0.05) is 71.1 Å². The highest BCUT2D eigenvalue weighted by molar-refractivity contribution is 14.1. The molecular weight excluding hydrogens is 469 g/mol. The van der Waals surface area contributed by atoms with E-state index in [0.717, 1.165) is 11.1 Å². The van der Waals surface area contributed by atoms with E-state index in [0.29, 0.717) is 4.43 Å². The Morgan fingerprint density at radius 3 is 2.07 bits per heavy atom. The van der Waals surface area contributed by atoms with Gasteiger partial charge in [0.1, 0.15) is 18.2 Å². The average molecular weight is 493 g/mol. The number of fused-ring (bicyclic) bond motifs is 3. The first-order chi connectivity index (χ1) is 13.3. The fourth-order valence-electron chi connectivity index (χ4n) is 3.32. The Balaban J connectivity index is 1.65. The van der Waals surface area contributed by atoms with Crippen molar-refractivity contribution in [3.05, 3.63) is 59.7 Å². The molecule has 1 aliphatic rings. The van der Waals surface area contributed by atoms with Gasteiger partial charge in [0, 0.05) is 10.3 Å². The topological polar surface area (TPSA) is 64.6 Å². The number of benzene rings is 2. The third-order valence-electron chi connectivity index (χ3n) is 4.48. The van der Waals surface area contributed by atoms with Gasteiger partial charge in [-0.15, -0.1) is 0 Å². The van der Waals surface area contributed by atoms with Crippen LogP contribution in [0, 0.1) is 0 Å². The number of nitrogens with one attached hydrogen (secondary N) is 1. The fraction of sp³-hybridized carbons (Fsp3) is 0.364. The molecule has 0 saturated heterocycles. The Labute approximate surface area is 178 Å². The van der Waals surface area contributed by atoms with Gasteiger partial charge in [-0.05, 0) is 43.0 Å². The van der Waals surface area contributed by atoms with Crippen molar-refractivity contribution >= 4 is 34.7 Å². The van der Waals surface area contributed by atoms with Crippen LogP contribution in [0.25, 0.3) is 11.1 Å². The number of amides is 1. The number of alkyl carbamates (subject to hydrolysis) is 1. The van der Waals surface area contributed by atoms with Crippen LogP contribution in [0.15, 0.2) is 48.5 Å². The van der Waals surface area contributed by atoms with Gasteiger partial charge in [-0.3, -0.25) is 0 Å². The average Bonchev–Trinajstić information content (AvgIpc) is 2.97. The molecule has 5 nitrogen and oxygen atoms in total. The zero-order valence-electron chi connectivity index (χ0n) is 16.2. The standard InChI is InChI=1S/C22H24INO4/c1-22(2,3)28-20(25)19(12-23)24-21(26)27-13-18-16-10-6-4-8-14(16)15-9-5-7-11-17(15)18/h4-11,18-19H,12-13H2,1-3H3,(H,24,26). The van der Waals surface area contributed by atoms with Crippen LogP contribution >= 0.6 is 22.6 Å². The molecule has 148 valence electrons. The van der Waals surface area contributed by atoms with Gasteiger partial charge in [-0.25, -0.2) is 9.59 Å². The van der Waals surface area contributed by atoms with Crippen molar-refractivity contribution in [3.63, 3.8) is 0 Å². The Morgan fingerprint density at radius 1 is 1.04 bits per heavy atom. The maximum Gasteiger partial charge on any atom is 0.407 e. The van der Waals surface area contributed by atoms with Crippen LogP contribution in [0.1, 0.15) is 37.8 Å². The molecular formula is C22H24INO4. The van der Waals surface area contributed by atoms with Crippen LogP contribution in [0.4, 0.5) is 4.79 Å². The lowest BCUT2D eigenvalue weighted by atomic mass is 9.98. The fourth-order valence-corrected chi connectivity index (χ4v) is 3.90. The van der Waals surface area contributed by atoms with Crippen molar-refractivity contribution in [2.75, 3.05) is 11.0 Å². The number of halogens is 1. The molecule has 0 radical (unpaired) electrons. The monoisotopic (exact) mass is 493 g/mol. The highest BCUT2D eigenvalue weighted by Gasteiger charge is 2.30. The van der Waals surface area contributed by atoms with Crippen molar-refractivity contribution in [1.29, 1.82) is 0 Å². The molecule has 28 heavy (non-hydrogen) atoms.